The molecule has 2 N–H and O–H groups in total. The minimum atomic E-state index is 0.599. The Morgan fingerprint density at radius 1 is 1.24 bits per heavy atom. The molecule has 0 unspecified atom stereocenters. The molecule has 0 spiro atoms. The number of aromatic nitrogens is 4. The number of ether oxygens (including phenoxy) is 1. The van der Waals surface area contributed by atoms with Crippen molar-refractivity contribution in [3.63, 3.8) is 0 Å². The van der Waals surface area contributed by atoms with E-state index in [2.05, 4.69) is 39.5 Å². The van der Waals surface area contributed by atoms with Crippen LogP contribution >= 0.6 is 0 Å². The van der Waals surface area contributed by atoms with E-state index >= 15 is 0 Å². The summed E-state index contributed by atoms with van der Waals surface area (Å²) in [7, 11) is 3.53. The normalized spacial score (nSPS) is 11.1. The zero-order valence-electron chi connectivity index (χ0n) is 15.1. The maximum Gasteiger partial charge on any atom is 0.226 e. The van der Waals surface area contributed by atoms with Crippen molar-refractivity contribution in [3.05, 3.63) is 30.5 Å². The molecule has 3 aromatic rings. The quantitative estimate of drug-likeness (QED) is 0.685. The topological polar surface area (TPSA) is 76.9 Å². The van der Waals surface area contributed by atoms with Crippen molar-refractivity contribution < 1.29 is 4.74 Å². The lowest BCUT2D eigenvalue weighted by Gasteiger charge is -2.11. The molecule has 0 bridgehead atoms. The molecule has 0 fully saturated rings. The van der Waals surface area contributed by atoms with Crippen LogP contribution in [-0.2, 0) is 7.05 Å². The van der Waals surface area contributed by atoms with Gasteiger partial charge in [-0.2, -0.15) is 15.1 Å². The van der Waals surface area contributed by atoms with Crippen molar-refractivity contribution in [3.8, 4) is 5.75 Å². The molecule has 0 saturated heterocycles. The fourth-order valence-corrected chi connectivity index (χ4v) is 2.51. The first kappa shape index (κ1) is 17.0. The van der Waals surface area contributed by atoms with Gasteiger partial charge in [-0.1, -0.05) is 19.9 Å². The SMILES string of the molecule is COc1cccc(Nc2nc(NCCC(C)C)nc3c2cnn3C)c1. The molecule has 7 nitrogen and oxygen atoms in total. The van der Waals surface area contributed by atoms with Gasteiger partial charge in [0.25, 0.3) is 0 Å². The zero-order chi connectivity index (χ0) is 17.8. The zero-order valence-corrected chi connectivity index (χ0v) is 15.1. The molecule has 2 heterocycles. The van der Waals surface area contributed by atoms with Crippen LogP contribution < -0.4 is 15.4 Å². The average Bonchev–Trinajstić information content (AvgIpc) is 2.96. The number of anilines is 3. The maximum atomic E-state index is 5.28. The van der Waals surface area contributed by atoms with E-state index in [4.69, 9.17) is 4.74 Å². The first-order valence-electron chi connectivity index (χ1n) is 8.41. The number of nitrogens with zero attached hydrogens (tertiary/aromatic N) is 4. The highest BCUT2D eigenvalue weighted by Crippen LogP contribution is 2.26. The predicted molar refractivity (Wildman–Crippen MR) is 101 cm³/mol. The molecule has 132 valence electrons. The minimum Gasteiger partial charge on any atom is -0.497 e. The lowest BCUT2D eigenvalue weighted by molar-refractivity contribution is 0.415. The van der Waals surface area contributed by atoms with Gasteiger partial charge in [0.1, 0.15) is 11.6 Å². The van der Waals surface area contributed by atoms with Crippen molar-refractivity contribution in [2.75, 3.05) is 24.3 Å². The molecular formula is C18H24N6O. The van der Waals surface area contributed by atoms with E-state index in [1.807, 2.05) is 31.3 Å². The number of nitrogens with one attached hydrogen (secondary N) is 2. The van der Waals surface area contributed by atoms with E-state index < -0.39 is 0 Å². The molecule has 0 aliphatic carbocycles. The summed E-state index contributed by atoms with van der Waals surface area (Å²) in [5.74, 6) is 2.74. The van der Waals surface area contributed by atoms with E-state index in [0.29, 0.717) is 11.9 Å². The minimum absolute atomic E-state index is 0.599. The Balaban J connectivity index is 1.91. The Morgan fingerprint density at radius 3 is 2.84 bits per heavy atom. The molecule has 0 radical (unpaired) electrons. The molecule has 7 heteroatoms. The van der Waals surface area contributed by atoms with Gasteiger partial charge in [-0.25, -0.2) is 0 Å². The molecule has 0 atom stereocenters. The predicted octanol–water partition coefficient (Wildman–Crippen LogP) is 3.57. The molecule has 25 heavy (non-hydrogen) atoms. The van der Waals surface area contributed by atoms with Crippen LogP contribution in [0.3, 0.4) is 0 Å². The van der Waals surface area contributed by atoms with Crippen LogP contribution in [0.1, 0.15) is 20.3 Å². The third-order valence-corrected chi connectivity index (χ3v) is 3.93. The second kappa shape index (κ2) is 7.38. The number of hydrogen-bond donors (Lipinski definition) is 2. The Labute approximate surface area is 147 Å². The Kier molecular flexibility index (Phi) is 5.02. The van der Waals surface area contributed by atoms with Crippen molar-refractivity contribution >= 4 is 28.5 Å². The van der Waals surface area contributed by atoms with Gasteiger partial charge in [-0.05, 0) is 24.5 Å². The van der Waals surface area contributed by atoms with Gasteiger partial charge in [0, 0.05) is 25.3 Å². The van der Waals surface area contributed by atoms with Crippen molar-refractivity contribution in [1.29, 1.82) is 0 Å². The summed E-state index contributed by atoms with van der Waals surface area (Å²) in [6.45, 7) is 5.23. The number of methoxy groups -OCH3 is 1. The van der Waals surface area contributed by atoms with E-state index in [0.717, 1.165) is 41.3 Å². The summed E-state index contributed by atoms with van der Waals surface area (Å²) in [6, 6.07) is 7.74. The largest absolute Gasteiger partial charge is 0.497 e. The molecule has 3 rings (SSSR count). The molecule has 1 aromatic carbocycles. The average molecular weight is 340 g/mol. The van der Waals surface area contributed by atoms with Crippen molar-refractivity contribution in [2.45, 2.75) is 20.3 Å². The second-order valence-electron chi connectivity index (χ2n) is 6.37. The van der Waals surface area contributed by atoms with Gasteiger partial charge in [0.15, 0.2) is 5.65 Å². The van der Waals surface area contributed by atoms with Gasteiger partial charge < -0.3 is 15.4 Å². The Hall–Kier alpha value is -2.83. The summed E-state index contributed by atoms with van der Waals surface area (Å²) in [6.07, 6.45) is 2.83. The summed E-state index contributed by atoms with van der Waals surface area (Å²) in [5.41, 5.74) is 1.68. The molecule has 0 saturated carbocycles. The Bertz CT molecular complexity index is 858. The highest BCUT2D eigenvalue weighted by atomic mass is 16.5. The lowest BCUT2D eigenvalue weighted by atomic mass is 10.1. The van der Waals surface area contributed by atoms with Crippen LogP contribution in [0.5, 0.6) is 5.75 Å². The van der Waals surface area contributed by atoms with Crippen LogP contribution in [0, 0.1) is 5.92 Å². The molecule has 2 aromatic heterocycles. The highest BCUT2D eigenvalue weighted by molar-refractivity contribution is 5.89. The monoisotopic (exact) mass is 340 g/mol. The van der Waals surface area contributed by atoms with Crippen LogP contribution in [0.25, 0.3) is 11.0 Å². The molecule has 0 aliphatic rings. The molecule has 0 amide bonds. The van der Waals surface area contributed by atoms with Crippen LogP contribution in [-0.4, -0.2) is 33.4 Å². The van der Waals surface area contributed by atoms with Gasteiger partial charge in [0.05, 0.1) is 18.7 Å². The van der Waals surface area contributed by atoms with Crippen molar-refractivity contribution in [1.82, 2.24) is 19.7 Å². The standard InChI is InChI=1S/C18H24N6O/c1-12(2)8-9-19-18-22-16(15-11-20-24(3)17(15)23-18)21-13-6-5-7-14(10-13)25-4/h5-7,10-12H,8-9H2,1-4H3,(H2,19,21,22,23). The Morgan fingerprint density at radius 2 is 2.08 bits per heavy atom. The third kappa shape index (κ3) is 3.99. The van der Waals surface area contributed by atoms with E-state index in [1.54, 1.807) is 18.0 Å². The van der Waals surface area contributed by atoms with E-state index in [1.165, 1.54) is 0 Å². The summed E-state index contributed by atoms with van der Waals surface area (Å²) in [5, 5.41) is 11.8. The van der Waals surface area contributed by atoms with Gasteiger partial charge in [-0.15, -0.1) is 0 Å². The first-order valence-corrected chi connectivity index (χ1v) is 8.41. The smallest absolute Gasteiger partial charge is 0.226 e. The number of fused-ring (bicyclic) bond motifs is 1. The summed E-state index contributed by atoms with van der Waals surface area (Å²) < 4.78 is 7.03. The summed E-state index contributed by atoms with van der Waals surface area (Å²) in [4.78, 5) is 9.22. The van der Waals surface area contributed by atoms with E-state index in [9.17, 15) is 0 Å². The van der Waals surface area contributed by atoms with E-state index in [-0.39, 0.29) is 0 Å². The number of hydrogen-bond acceptors (Lipinski definition) is 6. The van der Waals surface area contributed by atoms with Gasteiger partial charge >= 0.3 is 0 Å². The fourth-order valence-electron chi connectivity index (χ4n) is 2.51. The maximum absolute atomic E-state index is 5.28. The van der Waals surface area contributed by atoms with Crippen LogP contribution in [0.2, 0.25) is 0 Å². The summed E-state index contributed by atoms with van der Waals surface area (Å²) >= 11 is 0. The highest BCUT2D eigenvalue weighted by Gasteiger charge is 2.12. The number of aryl methyl sites for hydroxylation is 1. The van der Waals surface area contributed by atoms with Gasteiger partial charge in [0.2, 0.25) is 5.95 Å². The molecular weight excluding hydrogens is 316 g/mol. The van der Waals surface area contributed by atoms with Crippen molar-refractivity contribution in [2.24, 2.45) is 13.0 Å². The second-order valence-corrected chi connectivity index (χ2v) is 6.37. The van der Waals surface area contributed by atoms with Gasteiger partial charge in [-0.3, -0.25) is 4.68 Å². The number of rotatable bonds is 7. The van der Waals surface area contributed by atoms with Crippen LogP contribution in [0.4, 0.5) is 17.5 Å². The third-order valence-electron chi connectivity index (χ3n) is 3.93. The fraction of sp³-hybridized carbons (Fsp3) is 0.389. The number of benzene rings is 1. The first-order chi connectivity index (χ1) is 12.1. The molecule has 0 aliphatic heterocycles. The van der Waals surface area contributed by atoms with Crippen LogP contribution in [0.15, 0.2) is 30.5 Å². The lowest BCUT2D eigenvalue weighted by Crippen LogP contribution is -2.09.